The number of phenols is 2. The van der Waals surface area contributed by atoms with Gasteiger partial charge in [-0.05, 0) is 30.2 Å². The van der Waals surface area contributed by atoms with Crippen LogP contribution in [0.15, 0.2) is 39.3 Å². The number of aromatic hydroxyl groups is 2. The van der Waals surface area contributed by atoms with E-state index in [0.29, 0.717) is 14.8 Å². The third-order valence-electron chi connectivity index (χ3n) is 7.47. The minimum Gasteiger partial charge on any atom is -0.504 e. The van der Waals surface area contributed by atoms with Crippen molar-refractivity contribution in [2.45, 2.75) is 28.3 Å². The standard InChI is InChI=1S/C26H26N8O10S3/c1-2-32-5-6-33(20(40)19(32)39)24(44)29-16(12-3-4-14(36)15(37)7-12)18(38)30-26(27-10-35)22(43)34-17(21(41)42)13(8-45-23(26)34)9-46-25-31-28-11-47-25/h3-4,7,10-11,16,23,36-37H,2,5-6,8-9H2,1H3,(H,27,35)(H,29,44)(H,30,38)(H,41,42)/t16?,23?,26-/m1/s1. The Bertz CT molecular complexity index is 1690. The van der Waals surface area contributed by atoms with Crippen LogP contribution in [-0.4, -0.2) is 124 Å². The summed E-state index contributed by atoms with van der Waals surface area (Å²) in [6, 6.07) is 0.267. The number of likely N-dealkylation sites (N-methyl/N-ethyl adjacent to an activating group) is 1. The zero-order valence-corrected chi connectivity index (χ0v) is 26.7. The first-order valence-electron chi connectivity index (χ1n) is 13.7. The lowest BCUT2D eigenvalue weighted by Gasteiger charge is -2.56. The normalized spacial score (nSPS) is 21.5. The van der Waals surface area contributed by atoms with Crippen LogP contribution in [0.3, 0.4) is 0 Å². The summed E-state index contributed by atoms with van der Waals surface area (Å²) in [5.41, 5.74) is -0.690. The number of hydrogen-bond acceptors (Lipinski definition) is 14. The molecule has 248 valence electrons. The fourth-order valence-corrected chi connectivity index (χ4v) is 8.19. The third-order valence-corrected chi connectivity index (χ3v) is 10.8. The number of hydrogen-bond donors (Lipinski definition) is 6. The molecule has 3 aliphatic rings. The molecule has 3 atom stereocenters. The van der Waals surface area contributed by atoms with Gasteiger partial charge in [-0.2, -0.15) is 0 Å². The highest BCUT2D eigenvalue weighted by Gasteiger charge is 2.66. The minimum atomic E-state index is -2.16. The number of carbonyl (C=O) groups excluding carboxylic acids is 6. The summed E-state index contributed by atoms with van der Waals surface area (Å²) >= 11 is 3.55. The van der Waals surface area contributed by atoms with Crippen LogP contribution in [-0.2, 0) is 28.8 Å². The monoisotopic (exact) mass is 706 g/mol. The maximum atomic E-state index is 13.9. The van der Waals surface area contributed by atoms with E-state index in [-0.39, 0.29) is 48.8 Å². The molecule has 7 amide bonds. The number of phenolic OH excluding ortho intramolecular Hbond substituents is 2. The molecule has 5 rings (SSSR count). The summed E-state index contributed by atoms with van der Waals surface area (Å²) in [5.74, 6) is -6.51. The van der Waals surface area contributed by atoms with Gasteiger partial charge in [0.15, 0.2) is 15.8 Å². The Kier molecular flexibility index (Phi) is 9.58. The quantitative estimate of drug-likeness (QED) is 0.0409. The van der Waals surface area contributed by atoms with Gasteiger partial charge in [0.2, 0.25) is 18.0 Å². The van der Waals surface area contributed by atoms with Crippen molar-refractivity contribution in [3.8, 4) is 11.5 Å². The zero-order valence-electron chi connectivity index (χ0n) is 24.2. The van der Waals surface area contributed by atoms with Crippen LogP contribution in [0, 0.1) is 0 Å². The first kappa shape index (κ1) is 33.5. The number of fused-ring (bicyclic) bond motifs is 1. The second-order valence-electron chi connectivity index (χ2n) is 10.1. The van der Waals surface area contributed by atoms with Crippen LogP contribution < -0.4 is 16.0 Å². The molecule has 0 radical (unpaired) electrons. The van der Waals surface area contributed by atoms with Gasteiger partial charge in [0, 0.05) is 31.1 Å². The number of aromatic nitrogens is 2. The fourth-order valence-electron chi connectivity index (χ4n) is 5.14. The minimum absolute atomic E-state index is 0.0433. The number of thioether (sulfide) groups is 2. The van der Waals surface area contributed by atoms with E-state index in [1.165, 1.54) is 39.6 Å². The van der Waals surface area contributed by atoms with E-state index in [1.54, 1.807) is 6.92 Å². The molecular weight excluding hydrogens is 681 g/mol. The van der Waals surface area contributed by atoms with Crippen LogP contribution in [0.1, 0.15) is 18.5 Å². The van der Waals surface area contributed by atoms with E-state index in [0.717, 1.165) is 28.8 Å². The molecule has 3 aliphatic heterocycles. The van der Waals surface area contributed by atoms with Gasteiger partial charge < -0.3 is 36.2 Å². The lowest BCUT2D eigenvalue weighted by atomic mass is 9.94. The Labute approximate surface area is 277 Å². The number of carboxylic acids is 1. The molecule has 0 bridgehead atoms. The van der Waals surface area contributed by atoms with Crippen molar-refractivity contribution in [3.63, 3.8) is 0 Å². The molecular formula is C26H26N8O10S3. The van der Waals surface area contributed by atoms with Gasteiger partial charge in [0.05, 0.1) is 0 Å². The Morgan fingerprint density at radius 1 is 1.17 bits per heavy atom. The van der Waals surface area contributed by atoms with E-state index >= 15 is 0 Å². The van der Waals surface area contributed by atoms with Crippen molar-refractivity contribution >= 4 is 76.9 Å². The van der Waals surface area contributed by atoms with E-state index in [1.807, 2.05) is 0 Å². The van der Waals surface area contributed by atoms with Crippen LogP contribution in [0.25, 0.3) is 0 Å². The van der Waals surface area contributed by atoms with Crippen LogP contribution in [0.5, 0.6) is 11.5 Å². The number of benzene rings is 1. The topological polar surface area (TPSA) is 252 Å². The number of amides is 7. The Balaban J connectivity index is 1.42. The summed E-state index contributed by atoms with van der Waals surface area (Å²) in [5, 5.41) is 43.5. The fraction of sp³-hybridized carbons (Fsp3) is 0.346. The van der Waals surface area contributed by atoms with Crippen molar-refractivity contribution in [1.82, 2.24) is 40.8 Å². The van der Waals surface area contributed by atoms with Crippen LogP contribution >= 0.6 is 34.9 Å². The summed E-state index contributed by atoms with van der Waals surface area (Å²) in [6.07, 6.45) is 0.151. The Morgan fingerprint density at radius 2 is 1.94 bits per heavy atom. The molecule has 0 spiro atoms. The number of nitrogens with zero attached hydrogens (tertiary/aromatic N) is 5. The molecule has 2 aromatic rings. The largest absolute Gasteiger partial charge is 0.504 e. The summed E-state index contributed by atoms with van der Waals surface area (Å²) < 4.78 is 0.584. The SMILES string of the molecule is CCN1CCN(C(=O)NC(C(=O)N[C@]2(NC=O)C(=O)N3C(C(=O)O)=C(CSc4nncs4)CSC32)c2ccc(O)c(O)c2)C(=O)C1=O. The van der Waals surface area contributed by atoms with Gasteiger partial charge in [0.1, 0.15) is 22.6 Å². The van der Waals surface area contributed by atoms with Crippen LogP contribution in [0.4, 0.5) is 4.79 Å². The average Bonchev–Trinajstić information content (AvgIpc) is 3.58. The number of β-lactam (4-membered cyclic amide) rings is 1. The number of nitrogens with one attached hydrogen (secondary N) is 3. The van der Waals surface area contributed by atoms with Crippen molar-refractivity contribution in [1.29, 1.82) is 0 Å². The number of piperazine rings is 1. The van der Waals surface area contributed by atoms with Gasteiger partial charge in [-0.3, -0.25) is 33.8 Å². The van der Waals surface area contributed by atoms with Gasteiger partial charge >= 0.3 is 23.8 Å². The number of carboxylic acid groups (broad SMARTS) is 1. The summed E-state index contributed by atoms with van der Waals surface area (Å²) in [4.78, 5) is 92.8. The lowest BCUT2D eigenvalue weighted by Crippen LogP contribution is -2.85. The molecule has 1 aromatic carbocycles. The van der Waals surface area contributed by atoms with Crippen molar-refractivity contribution in [2.24, 2.45) is 0 Å². The van der Waals surface area contributed by atoms with Crippen molar-refractivity contribution in [3.05, 3.63) is 40.5 Å². The number of rotatable bonds is 11. The highest BCUT2D eigenvalue weighted by atomic mass is 32.2. The van der Waals surface area contributed by atoms with E-state index in [4.69, 9.17) is 0 Å². The number of imide groups is 1. The van der Waals surface area contributed by atoms with Gasteiger partial charge in [-0.25, -0.2) is 9.59 Å². The van der Waals surface area contributed by atoms with E-state index in [2.05, 4.69) is 26.1 Å². The smallest absolute Gasteiger partial charge is 0.352 e. The summed E-state index contributed by atoms with van der Waals surface area (Å²) in [7, 11) is 0. The zero-order chi connectivity index (χ0) is 34.0. The third kappa shape index (κ3) is 6.15. The predicted octanol–water partition coefficient (Wildman–Crippen LogP) is -1.00. The van der Waals surface area contributed by atoms with Gasteiger partial charge in [-0.15, -0.1) is 22.0 Å². The molecule has 4 heterocycles. The highest BCUT2D eigenvalue weighted by Crippen LogP contribution is 2.46. The number of urea groups is 1. The molecule has 2 saturated heterocycles. The molecule has 1 aromatic heterocycles. The van der Waals surface area contributed by atoms with E-state index in [9.17, 15) is 48.9 Å². The maximum absolute atomic E-state index is 13.9. The average molecular weight is 707 g/mol. The molecule has 21 heteroatoms. The summed E-state index contributed by atoms with van der Waals surface area (Å²) in [6.45, 7) is 1.74. The molecule has 2 fully saturated rings. The van der Waals surface area contributed by atoms with Gasteiger partial charge in [0.25, 0.3) is 5.91 Å². The van der Waals surface area contributed by atoms with E-state index < -0.39 is 64.2 Å². The predicted molar refractivity (Wildman–Crippen MR) is 163 cm³/mol. The second kappa shape index (κ2) is 13.5. The number of aliphatic carboxylic acids is 1. The molecule has 18 nitrogen and oxygen atoms in total. The van der Waals surface area contributed by atoms with Crippen LogP contribution in [0.2, 0.25) is 0 Å². The molecule has 6 N–H and O–H groups in total. The highest BCUT2D eigenvalue weighted by molar-refractivity contribution is 8.01. The van der Waals surface area contributed by atoms with Gasteiger partial charge in [-0.1, -0.05) is 29.2 Å². The lowest BCUT2D eigenvalue weighted by molar-refractivity contribution is -0.163. The molecule has 0 aliphatic carbocycles. The second-order valence-corrected chi connectivity index (χ2v) is 13.2. The molecule has 0 saturated carbocycles. The first-order valence-corrected chi connectivity index (χ1v) is 16.6. The molecule has 47 heavy (non-hydrogen) atoms. The Morgan fingerprint density at radius 3 is 2.57 bits per heavy atom. The Hall–Kier alpha value is -4.89. The maximum Gasteiger partial charge on any atom is 0.352 e. The molecule has 2 unspecified atom stereocenters. The van der Waals surface area contributed by atoms with Crippen molar-refractivity contribution < 1.29 is 48.9 Å². The first-order chi connectivity index (χ1) is 22.4. The number of carbonyl (C=O) groups is 7. The van der Waals surface area contributed by atoms with Crippen molar-refractivity contribution in [2.75, 3.05) is 31.1 Å².